The van der Waals surface area contributed by atoms with Gasteiger partial charge in [0.15, 0.2) is 0 Å². The first kappa shape index (κ1) is 17.6. The Bertz CT molecular complexity index is 1280. The fourth-order valence-electron chi connectivity index (χ4n) is 4.67. The molecule has 2 N–H and O–H groups in total. The second-order valence-corrected chi connectivity index (χ2v) is 8.54. The van der Waals surface area contributed by atoms with E-state index in [4.69, 9.17) is 4.98 Å². The van der Waals surface area contributed by atoms with Gasteiger partial charge in [-0.25, -0.2) is 18.8 Å². The molecule has 1 aromatic carbocycles. The van der Waals surface area contributed by atoms with Crippen LogP contribution in [-0.4, -0.2) is 25.3 Å². The maximum absolute atomic E-state index is 13.3. The smallest absolute Gasteiger partial charge is 0.313 e. The Balaban J connectivity index is 1.38. The van der Waals surface area contributed by atoms with Gasteiger partial charge < -0.3 is 4.98 Å². The minimum atomic E-state index is -0.533. The molecule has 1 unspecified atom stereocenters. The maximum atomic E-state index is 13.3. The molecule has 7 nitrogen and oxygen atoms in total. The fourth-order valence-corrected chi connectivity index (χ4v) is 4.67. The van der Waals surface area contributed by atoms with Crippen LogP contribution in [0.4, 0.5) is 4.39 Å². The van der Waals surface area contributed by atoms with Crippen LogP contribution < -0.4 is 11.2 Å². The molecule has 0 amide bonds. The average molecular weight is 405 g/mol. The zero-order chi connectivity index (χ0) is 20.4. The van der Waals surface area contributed by atoms with Crippen LogP contribution in [0.3, 0.4) is 0 Å². The summed E-state index contributed by atoms with van der Waals surface area (Å²) < 4.78 is 15.1. The summed E-state index contributed by atoms with van der Waals surface area (Å²) in [4.78, 5) is 33.5. The van der Waals surface area contributed by atoms with Gasteiger partial charge in [-0.2, -0.15) is 5.10 Å². The number of rotatable bonds is 4. The highest BCUT2D eigenvalue weighted by atomic mass is 19.1. The average Bonchev–Trinajstić information content (AvgIpc) is 3.65. The van der Waals surface area contributed by atoms with Gasteiger partial charge in [-0.15, -0.1) is 0 Å². The summed E-state index contributed by atoms with van der Waals surface area (Å²) in [5, 5.41) is 4.69. The second kappa shape index (κ2) is 6.35. The van der Waals surface area contributed by atoms with Gasteiger partial charge in [0.05, 0.1) is 23.2 Å². The highest BCUT2D eigenvalue weighted by Crippen LogP contribution is 2.57. The lowest BCUT2D eigenvalue weighted by molar-refractivity contribution is 0.530. The molecular formula is C22H20FN5O2. The number of imidazole rings is 1. The van der Waals surface area contributed by atoms with E-state index in [2.05, 4.69) is 15.1 Å². The highest BCUT2D eigenvalue weighted by molar-refractivity contribution is 6.00. The normalized spacial score (nSPS) is 25.0. The van der Waals surface area contributed by atoms with E-state index >= 15 is 0 Å². The van der Waals surface area contributed by atoms with Crippen molar-refractivity contribution in [3.8, 4) is 0 Å². The Labute approximate surface area is 170 Å². The SMILES string of the molecule is O=c1[nH]cc(C2=Nn3cc(C4CC4)nc3C([C@H]3C[C@@H]3c3ccc(F)cc3)C2)c(=O)[nH]1. The molecule has 2 fully saturated rings. The molecule has 3 heterocycles. The Morgan fingerprint density at radius 2 is 1.90 bits per heavy atom. The maximum Gasteiger partial charge on any atom is 0.325 e. The van der Waals surface area contributed by atoms with Crippen molar-refractivity contribution < 1.29 is 4.39 Å². The summed E-state index contributed by atoms with van der Waals surface area (Å²) >= 11 is 0. The molecule has 2 aromatic heterocycles. The minimum Gasteiger partial charge on any atom is -0.313 e. The first-order valence-electron chi connectivity index (χ1n) is 10.3. The first-order valence-corrected chi connectivity index (χ1v) is 10.3. The van der Waals surface area contributed by atoms with E-state index in [1.807, 2.05) is 23.0 Å². The van der Waals surface area contributed by atoms with Crippen LogP contribution in [0.1, 0.15) is 66.1 Å². The van der Waals surface area contributed by atoms with E-state index in [-0.39, 0.29) is 11.7 Å². The van der Waals surface area contributed by atoms with Gasteiger partial charge in [0, 0.05) is 24.5 Å². The number of hydrogen-bond donors (Lipinski definition) is 2. The van der Waals surface area contributed by atoms with Crippen LogP contribution in [0.2, 0.25) is 0 Å². The third-order valence-corrected chi connectivity index (χ3v) is 6.49. The lowest BCUT2D eigenvalue weighted by Gasteiger charge is -2.22. The summed E-state index contributed by atoms with van der Waals surface area (Å²) in [7, 11) is 0. The van der Waals surface area contributed by atoms with E-state index in [0.29, 0.717) is 35.4 Å². The fraction of sp³-hybridized carbons (Fsp3) is 0.364. The molecule has 152 valence electrons. The second-order valence-electron chi connectivity index (χ2n) is 8.54. The molecule has 0 bridgehead atoms. The highest BCUT2D eigenvalue weighted by Gasteiger charge is 2.48. The van der Waals surface area contributed by atoms with Gasteiger partial charge in [-0.05, 0) is 48.8 Å². The Kier molecular flexibility index (Phi) is 3.72. The molecule has 1 aliphatic heterocycles. The molecule has 2 aliphatic carbocycles. The Morgan fingerprint density at radius 1 is 1.10 bits per heavy atom. The topological polar surface area (TPSA) is 95.9 Å². The summed E-state index contributed by atoms with van der Waals surface area (Å²) in [6.45, 7) is 0. The van der Waals surface area contributed by atoms with Gasteiger partial charge in [-0.3, -0.25) is 9.78 Å². The van der Waals surface area contributed by atoms with E-state index in [1.54, 1.807) is 0 Å². The summed E-state index contributed by atoms with van der Waals surface area (Å²) in [5.41, 5.74) is 2.25. The standard InChI is InChI=1S/C22H20FN5O2/c23-13-5-3-11(4-6-13)14-7-15(14)16-8-18(17-9-24-22(30)26-21(17)29)27-28-10-19(12-1-2-12)25-20(16)28/h3-6,9-10,12,14-16H,1-2,7-8H2,(H2,24,26,29,30)/t14-,15+,16?/m1/s1. The number of aromatic amines is 2. The molecule has 0 saturated heterocycles. The van der Waals surface area contributed by atoms with Crippen LogP contribution in [0, 0.1) is 11.7 Å². The lowest BCUT2D eigenvalue weighted by atomic mass is 9.90. The molecule has 0 radical (unpaired) electrons. The first-order chi connectivity index (χ1) is 14.6. The van der Waals surface area contributed by atoms with Gasteiger partial charge in [0.1, 0.15) is 11.6 Å². The molecule has 3 atom stereocenters. The van der Waals surface area contributed by atoms with Crippen molar-refractivity contribution in [1.29, 1.82) is 0 Å². The number of nitrogens with one attached hydrogen (secondary N) is 2. The van der Waals surface area contributed by atoms with Crippen molar-refractivity contribution in [2.24, 2.45) is 11.0 Å². The van der Waals surface area contributed by atoms with E-state index in [9.17, 15) is 14.0 Å². The summed E-state index contributed by atoms with van der Waals surface area (Å²) in [5.74, 6) is 2.03. The summed E-state index contributed by atoms with van der Waals surface area (Å²) in [6.07, 6.45) is 7.30. The lowest BCUT2D eigenvalue weighted by Crippen LogP contribution is -2.30. The Morgan fingerprint density at radius 3 is 2.63 bits per heavy atom. The minimum absolute atomic E-state index is 0.117. The number of halogens is 1. The van der Waals surface area contributed by atoms with Crippen LogP contribution in [0.5, 0.6) is 0 Å². The monoisotopic (exact) mass is 405 g/mol. The van der Waals surface area contributed by atoms with Gasteiger partial charge in [0.2, 0.25) is 0 Å². The van der Waals surface area contributed by atoms with E-state index in [0.717, 1.165) is 36.3 Å². The zero-order valence-electron chi connectivity index (χ0n) is 16.1. The molecule has 8 heteroatoms. The Hall–Kier alpha value is -3.29. The molecule has 0 spiro atoms. The van der Waals surface area contributed by atoms with E-state index in [1.165, 1.54) is 18.3 Å². The molecule has 30 heavy (non-hydrogen) atoms. The molecule has 6 rings (SSSR count). The van der Waals surface area contributed by atoms with Crippen LogP contribution >= 0.6 is 0 Å². The number of H-pyrrole nitrogens is 2. The van der Waals surface area contributed by atoms with E-state index < -0.39 is 11.2 Å². The van der Waals surface area contributed by atoms with Crippen molar-refractivity contribution in [1.82, 2.24) is 19.6 Å². The molecule has 3 aliphatic rings. The van der Waals surface area contributed by atoms with Crippen LogP contribution in [0.15, 0.2) is 51.3 Å². The predicted molar refractivity (Wildman–Crippen MR) is 108 cm³/mol. The molecule has 3 aromatic rings. The number of nitrogens with zero attached hydrogens (tertiary/aromatic N) is 3. The molecular weight excluding hydrogens is 385 g/mol. The number of hydrogen-bond acceptors (Lipinski definition) is 4. The van der Waals surface area contributed by atoms with Crippen molar-refractivity contribution >= 4 is 5.71 Å². The van der Waals surface area contributed by atoms with Gasteiger partial charge in [0.25, 0.3) is 5.56 Å². The molecule has 2 saturated carbocycles. The third kappa shape index (κ3) is 2.94. The van der Waals surface area contributed by atoms with Crippen LogP contribution in [-0.2, 0) is 0 Å². The largest absolute Gasteiger partial charge is 0.325 e. The van der Waals surface area contributed by atoms with Crippen molar-refractivity contribution in [3.63, 3.8) is 0 Å². The number of aromatic nitrogens is 4. The van der Waals surface area contributed by atoms with Gasteiger partial charge >= 0.3 is 5.69 Å². The quantitative estimate of drug-likeness (QED) is 0.699. The van der Waals surface area contributed by atoms with Gasteiger partial charge in [-0.1, -0.05) is 12.1 Å². The number of fused-ring (bicyclic) bond motifs is 1. The van der Waals surface area contributed by atoms with Crippen molar-refractivity contribution in [2.75, 3.05) is 0 Å². The van der Waals surface area contributed by atoms with Crippen molar-refractivity contribution in [3.05, 3.63) is 86.0 Å². The van der Waals surface area contributed by atoms with Crippen molar-refractivity contribution in [2.45, 2.75) is 43.4 Å². The van der Waals surface area contributed by atoms with Crippen LogP contribution in [0.25, 0.3) is 0 Å². The number of benzene rings is 1. The summed E-state index contributed by atoms with van der Waals surface area (Å²) in [6, 6.07) is 6.72. The predicted octanol–water partition coefficient (Wildman–Crippen LogP) is 2.82. The third-order valence-electron chi connectivity index (χ3n) is 6.49. The zero-order valence-corrected chi connectivity index (χ0v) is 16.1.